The van der Waals surface area contributed by atoms with E-state index >= 15 is 0 Å². The molecule has 0 bridgehead atoms. The Morgan fingerprint density at radius 3 is 2.64 bits per heavy atom. The molecule has 0 N–H and O–H groups in total. The van der Waals surface area contributed by atoms with E-state index < -0.39 is 0 Å². The molecule has 1 heterocycles. The summed E-state index contributed by atoms with van der Waals surface area (Å²) in [5.41, 5.74) is 2.89. The van der Waals surface area contributed by atoms with Crippen molar-refractivity contribution in [2.75, 3.05) is 12.0 Å². The smallest absolute Gasteiger partial charge is 0.232 e. The van der Waals surface area contributed by atoms with Crippen LogP contribution in [0.3, 0.4) is 0 Å². The molecule has 2 aromatic rings. The van der Waals surface area contributed by atoms with Crippen LogP contribution in [-0.2, 0) is 9.59 Å². The van der Waals surface area contributed by atoms with Crippen molar-refractivity contribution >= 4 is 40.6 Å². The van der Waals surface area contributed by atoms with Gasteiger partial charge in [-0.1, -0.05) is 41.4 Å². The van der Waals surface area contributed by atoms with Crippen LogP contribution in [0, 0.1) is 0 Å². The van der Waals surface area contributed by atoms with Gasteiger partial charge in [-0.3, -0.25) is 14.5 Å². The van der Waals surface area contributed by atoms with E-state index in [1.165, 1.54) is 0 Å². The second-order valence-corrected chi connectivity index (χ2v) is 7.75. The largest absolute Gasteiger partial charge is 0.497 e. The molecule has 1 unspecified atom stereocenters. The number of ketones is 1. The molecule has 2 aliphatic rings. The fraction of sp³-hybridized carbons (Fsp3) is 0.273. The molecule has 2 aromatic carbocycles. The van der Waals surface area contributed by atoms with Crippen molar-refractivity contribution in [2.45, 2.75) is 31.6 Å². The normalized spacial score (nSPS) is 19.7. The number of carbonyl (C=O) groups is 2. The molecule has 4 nitrogen and oxygen atoms in total. The highest BCUT2D eigenvalue weighted by Crippen LogP contribution is 2.46. The van der Waals surface area contributed by atoms with Crippen LogP contribution in [0.4, 0.5) is 5.69 Å². The molecule has 28 heavy (non-hydrogen) atoms. The summed E-state index contributed by atoms with van der Waals surface area (Å²) in [5.74, 6) is 0.295. The lowest BCUT2D eigenvalue weighted by Gasteiger charge is -2.38. The zero-order valence-corrected chi connectivity index (χ0v) is 16.9. The minimum absolute atomic E-state index is 0.0669. The first-order valence-corrected chi connectivity index (χ1v) is 9.94. The average molecular weight is 416 g/mol. The zero-order valence-electron chi connectivity index (χ0n) is 15.4. The van der Waals surface area contributed by atoms with E-state index in [-0.39, 0.29) is 24.0 Å². The summed E-state index contributed by atoms with van der Waals surface area (Å²) in [5, 5.41) is 0.828. The number of hydrogen-bond donors (Lipinski definition) is 0. The lowest BCUT2D eigenvalue weighted by atomic mass is 9.77. The van der Waals surface area contributed by atoms with Crippen molar-refractivity contribution in [2.24, 2.45) is 0 Å². The van der Waals surface area contributed by atoms with Gasteiger partial charge < -0.3 is 4.74 Å². The summed E-state index contributed by atoms with van der Waals surface area (Å²) in [4.78, 5) is 27.8. The van der Waals surface area contributed by atoms with Crippen molar-refractivity contribution in [1.29, 1.82) is 0 Å². The van der Waals surface area contributed by atoms with Crippen molar-refractivity contribution in [3.63, 3.8) is 0 Å². The maximum Gasteiger partial charge on any atom is 0.232 e. The fourth-order valence-electron chi connectivity index (χ4n) is 4.10. The molecule has 4 rings (SSSR count). The topological polar surface area (TPSA) is 46.6 Å². The van der Waals surface area contributed by atoms with Crippen LogP contribution >= 0.6 is 23.2 Å². The lowest BCUT2D eigenvalue weighted by molar-refractivity contribution is -0.119. The number of hydrogen-bond acceptors (Lipinski definition) is 3. The number of halogens is 2. The number of carbonyl (C=O) groups excluding carboxylic acids is 2. The molecule has 0 spiro atoms. The molecular weight excluding hydrogens is 397 g/mol. The first-order valence-electron chi connectivity index (χ1n) is 9.18. The molecule has 0 saturated heterocycles. The average Bonchev–Trinajstić information content (AvgIpc) is 2.69. The van der Waals surface area contributed by atoms with Crippen LogP contribution < -0.4 is 9.64 Å². The highest BCUT2D eigenvalue weighted by molar-refractivity contribution is 6.42. The van der Waals surface area contributed by atoms with Crippen LogP contribution in [0.1, 0.15) is 37.2 Å². The van der Waals surface area contributed by atoms with E-state index in [1.54, 1.807) is 24.1 Å². The maximum atomic E-state index is 13.2. The Balaban J connectivity index is 1.88. The van der Waals surface area contributed by atoms with Gasteiger partial charge >= 0.3 is 0 Å². The number of rotatable bonds is 3. The number of amides is 1. The van der Waals surface area contributed by atoms with Gasteiger partial charge in [-0.25, -0.2) is 0 Å². The lowest BCUT2D eigenvalue weighted by Crippen LogP contribution is -2.40. The Bertz CT molecular complexity index is 999. The van der Waals surface area contributed by atoms with Gasteiger partial charge in [0.05, 0.1) is 22.8 Å². The summed E-state index contributed by atoms with van der Waals surface area (Å²) in [6.45, 7) is 0. The van der Waals surface area contributed by atoms with Crippen LogP contribution in [0.15, 0.2) is 53.7 Å². The molecule has 1 amide bonds. The Morgan fingerprint density at radius 1 is 1.07 bits per heavy atom. The highest BCUT2D eigenvalue weighted by atomic mass is 35.5. The summed E-state index contributed by atoms with van der Waals surface area (Å²) >= 11 is 12.6. The molecule has 0 saturated carbocycles. The van der Waals surface area contributed by atoms with Gasteiger partial charge in [0.1, 0.15) is 5.75 Å². The first kappa shape index (κ1) is 19.0. The molecular formula is C22H19Cl2NO3. The van der Waals surface area contributed by atoms with Gasteiger partial charge in [-0.05, 0) is 36.6 Å². The number of ether oxygens (including phenoxy) is 1. The van der Waals surface area contributed by atoms with Crippen LogP contribution in [0.5, 0.6) is 5.75 Å². The predicted molar refractivity (Wildman–Crippen MR) is 110 cm³/mol. The van der Waals surface area contributed by atoms with Gasteiger partial charge in [0.2, 0.25) is 5.91 Å². The van der Waals surface area contributed by atoms with Crippen LogP contribution in [0.25, 0.3) is 0 Å². The van der Waals surface area contributed by atoms with E-state index in [2.05, 4.69) is 0 Å². The molecule has 0 fully saturated rings. The number of benzene rings is 2. The van der Waals surface area contributed by atoms with Crippen molar-refractivity contribution in [1.82, 2.24) is 0 Å². The Hall–Kier alpha value is -2.30. The van der Waals surface area contributed by atoms with Crippen molar-refractivity contribution < 1.29 is 14.3 Å². The number of nitrogens with zero attached hydrogens (tertiary/aromatic N) is 1. The third kappa shape index (κ3) is 3.21. The quantitative estimate of drug-likeness (QED) is 0.661. The molecule has 1 aliphatic heterocycles. The fourth-order valence-corrected chi connectivity index (χ4v) is 4.54. The zero-order chi connectivity index (χ0) is 19.8. The molecule has 1 atom stereocenters. The Morgan fingerprint density at radius 2 is 1.86 bits per heavy atom. The standard InChI is InChI=1S/C22H19Cl2NO3/c1-28-14-6-2-5-13(11-14)25-18-9-4-10-19(26)21(18)16(12-20(25)27)15-7-3-8-17(23)22(15)24/h2-3,5-8,11,16H,4,9-10,12H2,1H3. The van der Waals surface area contributed by atoms with Gasteiger partial charge in [0.25, 0.3) is 0 Å². The maximum absolute atomic E-state index is 13.2. The van der Waals surface area contributed by atoms with Crippen LogP contribution in [-0.4, -0.2) is 18.8 Å². The van der Waals surface area contributed by atoms with Crippen LogP contribution in [0.2, 0.25) is 10.0 Å². The van der Waals surface area contributed by atoms with Gasteiger partial charge in [-0.15, -0.1) is 0 Å². The third-order valence-electron chi connectivity index (χ3n) is 5.34. The number of Topliss-reactive ketones (excluding diaryl/α,β-unsaturated/α-hetero) is 1. The highest BCUT2D eigenvalue weighted by Gasteiger charge is 2.40. The van der Waals surface area contributed by atoms with E-state index in [4.69, 9.17) is 27.9 Å². The monoisotopic (exact) mass is 415 g/mol. The minimum atomic E-state index is -0.372. The molecule has 1 aliphatic carbocycles. The summed E-state index contributed by atoms with van der Waals surface area (Å²) in [7, 11) is 1.59. The van der Waals surface area contributed by atoms with E-state index in [9.17, 15) is 9.59 Å². The summed E-state index contributed by atoms with van der Waals surface area (Å²) < 4.78 is 5.30. The summed E-state index contributed by atoms with van der Waals surface area (Å²) in [6.07, 6.45) is 2.04. The SMILES string of the molecule is COc1cccc(N2C(=O)CC(c3cccc(Cl)c3Cl)C3=C2CCCC3=O)c1. The number of allylic oxidation sites excluding steroid dienone is 2. The second-order valence-electron chi connectivity index (χ2n) is 6.97. The number of methoxy groups -OCH3 is 1. The summed E-state index contributed by atoms with van der Waals surface area (Å²) in [6, 6.07) is 12.7. The molecule has 6 heteroatoms. The van der Waals surface area contributed by atoms with E-state index in [0.29, 0.717) is 39.9 Å². The van der Waals surface area contributed by atoms with Gasteiger partial charge in [0, 0.05) is 36.1 Å². The van der Waals surface area contributed by atoms with Crippen molar-refractivity contribution in [3.05, 3.63) is 69.3 Å². The van der Waals surface area contributed by atoms with Gasteiger partial charge in [-0.2, -0.15) is 0 Å². The third-order valence-corrected chi connectivity index (χ3v) is 6.18. The molecule has 144 valence electrons. The van der Waals surface area contributed by atoms with Gasteiger partial charge in [0.15, 0.2) is 5.78 Å². The second kappa shape index (κ2) is 7.61. The molecule has 0 radical (unpaired) electrons. The first-order chi connectivity index (χ1) is 13.5. The van der Waals surface area contributed by atoms with E-state index in [1.807, 2.05) is 30.3 Å². The predicted octanol–water partition coefficient (Wildman–Crippen LogP) is 5.53. The molecule has 0 aromatic heterocycles. The number of anilines is 1. The van der Waals surface area contributed by atoms with E-state index in [0.717, 1.165) is 17.7 Å². The van der Waals surface area contributed by atoms with Crippen molar-refractivity contribution in [3.8, 4) is 5.75 Å². The Kier molecular flexibility index (Phi) is 5.17. The minimum Gasteiger partial charge on any atom is -0.497 e. The Labute approximate surface area is 173 Å².